The standard InChI is InChI=1S/C14H16ClNO2/c1-10-3-5-12(18-10)8-16(2)14-6-4-11(9-17)7-13(14)15/h3-7,17H,8-9H2,1-2H3. The Morgan fingerprint density at radius 3 is 2.61 bits per heavy atom. The van der Waals surface area contributed by atoms with Gasteiger partial charge in [0.05, 0.1) is 23.9 Å². The van der Waals surface area contributed by atoms with Crippen LogP contribution in [0.25, 0.3) is 0 Å². The molecule has 1 heterocycles. The maximum atomic E-state index is 9.04. The number of anilines is 1. The highest BCUT2D eigenvalue weighted by molar-refractivity contribution is 6.33. The highest BCUT2D eigenvalue weighted by Gasteiger charge is 2.09. The van der Waals surface area contributed by atoms with Crippen molar-refractivity contribution in [2.75, 3.05) is 11.9 Å². The molecule has 0 amide bonds. The van der Waals surface area contributed by atoms with E-state index in [4.69, 9.17) is 21.1 Å². The van der Waals surface area contributed by atoms with Crippen LogP contribution in [0, 0.1) is 6.92 Å². The summed E-state index contributed by atoms with van der Waals surface area (Å²) in [5.74, 6) is 1.80. The minimum absolute atomic E-state index is 0.00108. The fourth-order valence-electron chi connectivity index (χ4n) is 1.85. The van der Waals surface area contributed by atoms with Gasteiger partial charge in [0.15, 0.2) is 0 Å². The SMILES string of the molecule is Cc1ccc(CN(C)c2ccc(CO)cc2Cl)o1. The van der Waals surface area contributed by atoms with E-state index in [1.807, 2.05) is 43.1 Å². The third kappa shape index (κ3) is 2.86. The van der Waals surface area contributed by atoms with E-state index in [0.717, 1.165) is 22.8 Å². The Morgan fingerprint density at radius 1 is 1.28 bits per heavy atom. The van der Waals surface area contributed by atoms with Crippen LogP contribution >= 0.6 is 11.6 Å². The molecule has 0 saturated heterocycles. The zero-order valence-corrected chi connectivity index (χ0v) is 11.2. The Morgan fingerprint density at radius 2 is 2.06 bits per heavy atom. The Kier molecular flexibility index (Phi) is 3.94. The highest BCUT2D eigenvalue weighted by Crippen LogP contribution is 2.27. The first kappa shape index (κ1) is 13.0. The van der Waals surface area contributed by atoms with Crippen LogP contribution in [0.15, 0.2) is 34.7 Å². The number of rotatable bonds is 4. The van der Waals surface area contributed by atoms with Gasteiger partial charge >= 0.3 is 0 Å². The van der Waals surface area contributed by atoms with Crippen molar-refractivity contribution in [3.05, 3.63) is 52.4 Å². The van der Waals surface area contributed by atoms with Crippen molar-refractivity contribution < 1.29 is 9.52 Å². The minimum atomic E-state index is 0.00108. The molecule has 0 unspecified atom stereocenters. The summed E-state index contributed by atoms with van der Waals surface area (Å²) in [6, 6.07) is 9.46. The topological polar surface area (TPSA) is 36.6 Å². The smallest absolute Gasteiger partial charge is 0.123 e. The van der Waals surface area contributed by atoms with Gasteiger partial charge in [-0.2, -0.15) is 0 Å². The number of benzene rings is 1. The van der Waals surface area contributed by atoms with Crippen LogP contribution < -0.4 is 4.90 Å². The second-order valence-corrected chi connectivity index (χ2v) is 4.72. The molecule has 3 nitrogen and oxygen atoms in total. The van der Waals surface area contributed by atoms with Gasteiger partial charge in [0.2, 0.25) is 0 Å². The van der Waals surface area contributed by atoms with Gasteiger partial charge in [0.25, 0.3) is 0 Å². The second-order valence-electron chi connectivity index (χ2n) is 4.31. The maximum Gasteiger partial charge on any atom is 0.123 e. The van der Waals surface area contributed by atoms with Crippen LogP contribution in [0.4, 0.5) is 5.69 Å². The molecule has 0 aliphatic heterocycles. The van der Waals surface area contributed by atoms with Crippen LogP contribution in [-0.2, 0) is 13.2 Å². The molecule has 96 valence electrons. The number of aliphatic hydroxyl groups is 1. The van der Waals surface area contributed by atoms with Crippen LogP contribution in [0.5, 0.6) is 0 Å². The summed E-state index contributed by atoms with van der Waals surface area (Å²) in [4.78, 5) is 2.02. The van der Waals surface area contributed by atoms with Crippen LogP contribution in [-0.4, -0.2) is 12.2 Å². The molecular formula is C14H16ClNO2. The number of hydrogen-bond acceptors (Lipinski definition) is 3. The van der Waals surface area contributed by atoms with Crippen LogP contribution in [0.3, 0.4) is 0 Å². The van der Waals surface area contributed by atoms with E-state index in [9.17, 15) is 0 Å². The zero-order valence-electron chi connectivity index (χ0n) is 10.5. The van der Waals surface area contributed by atoms with E-state index in [-0.39, 0.29) is 6.61 Å². The maximum absolute atomic E-state index is 9.04. The number of aryl methyl sites for hydroxylation is 1. The molecule has 2 aromatic rings. The van der Waals surface area contributed by atoms with Gasteiger partial charge in [-0.1, -0.05) is 17.7 Å². The van der Waals surface area contributed by atoms with E-state index in [1.165, 1.54) is 0 Å². The molecule has 0 bridgehead atoms. The molecule has 1 N–H and O–H groups in total. The molecule has 0 radical (unpaired) electrons. The number of furan rings is 1. The van der Waals surface area contributed by atoms with Crippen molar-refractivity contribution in [2.24, 2.45) is 0 Å². The summed E-state index contributed by atoms with van der Waals surface area (Å²) in [5, 5.41) is 9.67. The van der Waals surface area contributed by atoms with Gasteiger partial charge in [-0.15, -0.1) is 0 Å². The van der Waals surface area contributed by atoms with Crippen molar-refractivity contribution in [1.82, 2.24) is 0 Å². The Hall–Kier alpha value is -1.45. The summed E-state index contributed by atoms with van der Waals surface area (Å²) in [5.41, 5.74) is 1.73. The fraction of sp³-hybridized carbons (Fsp3) is 0.286. The molecule has 0 aliphatic carbocycles. The van der Waals surface area contributed by atoms with Gasteiger partial charge < -0.3 is 14.4 Å². The summed E-state index contributed by atoms with van der Waals surface area (Å²) in [6.45, 7) is 2.58. The minimum Gasteiger partial charge on any atom is -0.464 e. The zero-order chi connectivity index (χ0) is 13.1. The number of nitrogens with zero attached hydrogens (tertiary/aromatic N) is 1. The number of hydrogen-bond donors (Lipinski definition) is 1. The van der Waals surface area contributed by atoms with E-state index in [2.05, 4.69) is 0 Å². The molecule has 0 atom stereocenters. The molecule has 0 spiro atoms. The predicted molar refractivity (Wildman–Crippen MR) is 72.9 cm³/mol. The molecule has 1 aromatic carbocycles. The Balaban J connectivity index is 2.15. The van der Waals surface area contributed by atoms with Crippen molar-refractivity contribution in [3.8, 4) is 0 Å². The summed E-state index contributed by atoms with van der Waals surface area (Å²) in [6.07, 6.45) is 0. The lowest BCUT2D eigenvalue weighted by Gasteiger charge is -2.19. The van der Waals surface area contributed by atoms with Crippen molar-refractivity contribution in [2.45, 2.75) is 20.1 Å². The van der Waals surface area contributed by atoms with Gasteiger partial charge in [-0.25, -0.2) is 0 Å². The highest BCUT2D eigenvalue weighted by atomic mass is 35.5. The predicted octanol–water partition coefficient (Wildman–Crippen LogP) is 3.37. The van der Waals surface area contributed by atoms with Gasteiger partial charge in [0, 0.05) is 7.05 Å². The fourth-order valence-corrected chi connectivity index (χ4v) is 2.19. The van der Waals surface area contributed by atoms with Gasteiger partial charge in [-0.3, -0.25) is 0 Å². The lowest BCUT2D eigenvalue weighted by Crippen LogP contribution is -2.16. The van der Waals surface area contributed by atoms with E-state index >= 15 is 0 Å². The Bertz CT molecular complexity index is 536. The number of halogens is 1. The molecule has 0 saturated carbocycles. The Labute approximate surface area is 112 Å². The first-order valence-corrected chi connectivity index (χ1v) is 6.13. The molecule has 4 heteroatoms. The van der Waals surface area contributed by atoms with Crippen molar-refractivity contribution in [1.29, 1.82) is 0 Å². The monoisotopic (exact) mass is 265 g/mol. The summed E-state index contributed by atoms with van der Waals surface area (Å²) >= 11 is 6.19. The third-order valence-electron chi connectivity index (χ3n) is 2.79. The molecule has 18 heavy (non-hydrogen) atoms. The van der Waals surface area contributed by atoms with E-state index in [0.29, 0.717) is 11.6 Å². The van der Waals surface area contributed by atoms with Gasteiger partial charge in [0.1, 0.15) is 11.5 Å². The average molecular weight is 266 g/mol. The number of aliphatic hydroxyl groups excluding tert-OH is 1. The molecule has 0 fully saturated rings. The van der Waals surface area contributed by atoms with Crippen LogP contribution in [0.2, 0.25) is 5.02 Å². The first-order valence-electron chi connectivity index (χ1n) is 5.76. The van der Waals surface area contributed by atoms with Crippen molar-refractivity contribution in [3.63, 3.8) is 0 Å². The van der Waals surface area contributed by atoms with E-state index < -0.39 is 0 Å². The van der Waals surface area contributed by atoms with Crippen LogP contribution in [0.1, 0.15) is 17.1 Å². The molecule has 0 aliphatic rings. The molecule has 1 aromatic heterocycles. The summed E-state index contributed by atoms with van der Waals surface area (Å²) < 4.78 is 5.54. The lowest BCUT2D eigenvalue weighted by atomic mass is 10.2. The summed E-state index contributed by atoms with van der Waals surface area (Å²) in [7, 11) is 1.96. The molecule has 2 rings (SSSR count). The largest absolute Gasteiger partial charge is 0.464 e. The molecular weight excluding hydrogens is 250 g/mol. The second kappa shape index (κ2) is 5.46. The van der Waals surface area contributed by atoms with E-state index in [1.54, 1.807) is 6.07 Å². The normalized spacial score (nSPS) is 10.7. The van der Waals surface area contributed by atoms with Gasteiger partial charge in [-0.05, 0) is 36.8 Å². The quantitative estimate of drug-likeness (QED) is 0.921. The first-order chi connectivity index (χ1) is 8.60. The third-order valence-corrected chi connectivity index (χ3v) is 3.10. The van der Waals surface area contributed by atoms with Crippen molar-refractivity contribution >= 4 is 17.3 Å². The lowest BCUT2D eigenvalue weighted by molar-refractivity contribution is 0.282. The average Bonchev–Trinajstić information content (AvgIpc) is 2.74.